The van der Waals surface area contributed by atoms with Crippen LogP contribution in [0.3, 0.4) is 0 Å². The Morgan fingerprint density at radius 3 is 2.35 bits per heavy atom. The van der Waals surface area contributed by atoms with Crippen LogP contribution in [0.1, 0.15) is 39.4 Å². The summed E-state index contributed by atoms with van der Waals surface area (Å²) in [7, 11) is 4.25. The number of fused-ring (bicyclic) bond motifs is 2. The highest BCUT2D eigenvalue weighted by Crippen LogP contribution is 2.41. The summed E-state index contributed by atoms with van der Waals surface area (Å²) in [6.07, 6.45) is 1.89. The van der Waals surface area contributed by atoms with Crippen molar-refractivity contribution in [3.8, 4) is 11.3 Å². The van der Waals surface area contributed by atoms with Gasteiger partial charge in [0, 0.05) is 69.8 Å². The maximum Gasteiger partial charge on any atom is 0.322 e. The molecular formula is C35H39N7O. The fraction of sp³-hybridized carbons (Fsp3) is 0.314. The molecule has 3 aliphatic heterocycles. The van der Waals surface area contributed by atoms with E-state index in [0.29, 0.717) is 13.1 Å². The van der Waals surface area contributed by atoms with E-state index in [1.807, 2.05) is 35.5 Å². The Labute approximate surface area is 253 Å². The molecule has 4 aromatic rings. The van der Waals surface area contributed by atoms with Crippen molar-refractivity contribution in [2.75, 3.05) is 45.6 Å². The van der Waals surface area contributed by atoms with E-state index < -0.39 is 0 Å². The number of likely N-dealkylation sites (N-methyl/N-ethyl adjacent to an activating group) is 1. The zero-order chi connectivity index (χ0) is 29.5. The molecule has 7 rings (SSSR count). The van der Waals surface area contributed by atoms with Gasteiger partial charge in [-0.3, -0.25) is 4.90 Å². The molecule has 4 heterocycles. The SMILES string of the molecule is Cc1c(NC(=O)N2Cc3ccccc3C2)cccc1C1c2cc(-c3ccc(CN4CCN(C)CC4)cc3)[nH]c2N=CN1C. The lowest BCUT2D eigenvalue weighted by atomic mass is 9.93. The number of benzene rings is 3. The van der Waals surface area contributed by atoms with E-state index in [0.717, 1.165) is 72.2 Å². The second-order valence-electron chi connectivity index (χ2n) is 12.2. The van der Waals surface area contributed by atoms with Crippen molar-refractivity contribution in [2.24, 2.45) is 4.99 Å². The van der Waals surface area contributed by atoms with Gasteiger partial charge in [0.15, 0.2) is 0 Å². The maximum absolute atomic E-state index is 13.3. The third-order valence-electron chi connectivity index (χ3n) is 9.20. The molecule has 220 valence electrons. The normalized spacial score (nSPS) is 18.5. The molecule has 0 aliphatic carbocycles. The second kappa shape index (κ2) is 11.4. The molecule has 1 saturated heterocycles. The highest BCUT2D eigenvalue weighted by molar-refractivity contribution is 5.91. The molecule has 0 spiro atoms. The lowest BCUT2D eigenvalue weighted by Gasteiger charge is -2.32. The molecule has 3 aliphatic rings. The van der Waals surface area contributed by atoms with Gasteiger partial charge in [-0.15, -0.1) is 0 Å². The molecule has 1 aromatic heterocycles. The van der Waals surface area contributed by atoms with Crippen LogP contribution in [-0.2, 0) is 19.6 Å². The third kappa shape index (κ3) is 5.44. The Balaban J connectivity index is 1.10. The van der Waals surface area contributed by atoms with Gasteiger partial charge in [-0.05, 0) is 59.5 Å². The van der Waals surface area contributed by atoms with Gasteiger partial charge in [0.05, 0.1) is 12.4 Å². The standard InChI is InChI=1S/C35H39N7O/c1-24-29(9-6-10-31(24)38-35(43)42-21-27-7-4-5-8-28(27)22-42)33-30-19-32(37-34(30)36-23-40(33)3)26-13-11-25(12-14-26)20-41-17-15-39(2)16-18-41/h4-14,19,23,33,37H,15-18,20-22H2,1-3H3,(H,38,43). The van der Waals surface area contributed by atoms with Crippen LogP contribution in [-0.4, -0.2) is 77.2 Å². The van der Waals surface area contributed by atoms with Crippen molar-refractivity contribution in [1.82, 2.24) is 24.6 Å². The number of nitrogens with zero attached hydrogens (tertiary/aromatic N) is 5. The Kier molecular flexibility index (Phi) is 7.24. The van der Waals surface area contributed by atoms with Crippen LogP contribution in [0.2, 0.25) is 0 Å². The number of amides is 2. The number of anilines is 1. The molecule has 0 saturated carbocycles. The molecule has 0 radical (unpaired) electrons. The van der Waals surface area contributed by atoms with Crippen molar-refractivity contribution in [3.63, 3.8) is 0 Å². The van der Waals surface area contributed by atoms with Crippen molar-refractivity contribution in [1.29, 1.82) is 0 Å². The van der Waals surface area contributed by atoms with E-state index in [1.165, 1.54) is 16.7 Å². The first-order valence-corrected chi connectivity index (χ1v) is 15.1. The topological polar surface area (TPSA) is 70.2 Å². The van der Waals surface area contributed by atoms with Gasteiger partial charge >= 0.3 is 6.03 Å². The number of carbonyl (C=O) groups excluding carboxylic acids is 1. The number of urea groups is 1. The van der Waals surface area contributed by atoms with Gasteiger partial charge in [0.2, 0.25) is 0 Å². The number of aromatic nitrogens is 1. The molecule has 2 N–H and O–H groups in total. The van der Waals surface area contributed by atoms with Crippen LogP contribution in [0.4, 0.5) is 16.3 Å². The van der Waals surface area contributed by atoms with Gasteiger partial charge < -0.3 is 25.0 Å². The minimum Gasteiger partial charge on any atom is -0.354 e. The molecular weight excluding hydrogens is 534 g/mol. The summed E-state index contributed by atoms with van der Waals surface area (Å²) in [5.41, 5.74) is 10.1. The summed E-state index contributed by atoms with van der Waals surface area (Å²) in [5.74, 6) is 0.878. The van der Waals surface area contributed by atoms with E-state index in [-0.39, 0.29) is 12.1 Å². The fourth-order valence-corrected chi connectivity index (χ4v) is 6.56. The highest BCUT2D eigenvalue weighted by atomic mass is 16.2. The van der Waals surface area contributed by atoms with E-state index >= 15 is 0 Å². The Bertz CT molecular complexity index is 1640. The molecule has 8 heteroatoms. The van der Waals surface area contributed by atoms with Gasteiger partial charge in [-0.2, -0.15) is 0 Å². The Morgan fingerprint density at radius 1 is 0.907 bits per heavy atom. The van der Waals surface area contributed by atoms with Gasteiger partial charge in [-0.25, -0.2) is 9.79 Å². The van der Waals surface area contributed by atoms with Crippen LogP contribution >= 0.6 is 0 Å². The quantitative estimate of drug-likeness (QED) is 0.308. The lowest BCUT2D eigenvalue weighted by molar-refractivity contribution is 0.148. The van der Waals surface area contributed by atoms with Crippen molar-refractivity contribution < 1.29 is 4.79 Å². The summed E-state index contributed by atoms with van der Waals surface area (Å²) in [4.78, 5) is 30.5. The number of rotatable bonds is 5. The molecule has 43 heavy (non-hydrogen) atoms. The number of aromatic amines is 1. The first-order valence-electron chi connectivity index (χ1n) is 15.1. The predicted molar refractivity (Wildman–Crippen MR) is 173 cm³/mol. The number of carbonyl (C=O) groups is 1. The van der Waals surface area contributed by atoms with Crippen molar-refractivity contribution >= 4 is 23.9 Å². The smallest absolute Gasteiger partial charge is 0.322 e. The Morgan fingerprint density at radius 2 is 1.63 bits per heavy atom. The molecule has 0 bridgehead atoms. The summed E-state index contributed by atoms with van der Waals surface area (Å²) >= 11 is 0. The summed E-state index contributed by atoms with van der Waals surface area (Å²) < 4.78 is 0. The molecule has 1 unspecified atom stereocenters. The average Bonchev–Trinajstić information content (AvgIpc) is 3.65. The Hall–Kier alpha value is -4.40. The second-order valence-corrected chi connectivity index (χ2v) is 12.2. The van der Waals surface area contributed by atoms with E-state index in [9.17, 15) is 4.79 Å². The van der Waals surface area contributed by atoms with Crippen molar-refractivity contribution in [3.05, 3.63) is 106 Å². The largest absolute Gasteiger partial charge is 0.354 e. The van der Waals surface area contributed by atoms with E-state index in [1.54, 1.807) is 0 Å². The molecule has 1 atom stereocenters. The van der Waals surface area contributed by atoms with Crippen molar-refractivity contribution in [2.45, 2.75) is 32.6 Å². The summed E-state index contributed by atoms with van der Waals surface area (Å²) in [5, 5.41) is 3.19. The molecule has 1 fully saturated rings. The number of H-pyrrole nitrogens is 1. The first kappa shape index (κ1) is 27.4. The van der Waals surface area contributed by atoms with Gasteiger partial charge in [0.25, 0.3) is 0 Å². The van der Waals surface area contributed by atoms with Crippen LogP contribution in [0.15, 0.2) is 77.8 Å². The highest BCUT2D eigenvalue weighted by Gasteiger charge is 2.29. The molecule has 8 nitrogen and oxygen atoms in total. The van der Waals surface area contributed by atoms with Crippen LogP contribution in [0.5, 0.6) is 0 Å². The van der Waals surface area contributed by atoms with Crippen LogP contribution in [0, 0.1) is 6.92 Å². The predicted octanol–water partition coefficient (Wildman–Crippen LogP) is 5.98. The summed E-state index contributed by atoms with van der Waals surface area (Å²) in [6, 6.07) is 25.5. The fourth-order valence-electron chi connectivity index (χ4n) is 6.56. The number of piperazine rings is 1. The van der Waals surface area contributed by atoms with E-state index in [4.69, 9.17) is 4.99 Å². The number of aliphatic imine (C=N–C) groups is 1. The third-order valence-corrected chi connectivity index (χ3v) is 9.20. The zero-order valence-corrected chi connectivity index (χ0v) is 25.2. The monoisotopic (exact) mass is 573 g/mol. The molecule has 3 aromatic carbocycles. The minimum absolute atomic E-state index is 0.0260. The average molecular weight is 574 g/mol. The molecule has 2 amide bonds. The van der Waals surface area contributed by atoms with Crippen LogP contribution < -0.4 is 5.32 Å². The first-order chi connectivity index (χ1) is 20.9. The van der Waals surface area contributed by atoms with Gasteiger partial charge in [0.1, 0.15) is 5.82 Å². The maximum atomic E-state index is 13.3. The number of hydrogen-bond acceptors (Lipinski definition) is 5. The number of nitrogens with one attached hydrogen (secondary N) is 2. The lowest BCUT2D eigenvalue weighted by Crippen LogP contribution is -2.43. The summed E-state index contributed by atoms with van der Waals surface area (Å²) in [6.45, 7) is 8.84. The minimum atomic E-state index is -0.0734. The van der Waals surface area contributed by atoms with Crippen LogP contribution in [0.25, 0.3) is 11.3 Å². The number of hydrogen-bond donors (Lipinski definition) is 2. The van der Waals surface area contributed by atoms with E-state index in [2.05, 4.69) is 94.6 Å². The van der Waals surface area contributed by atoms with Gasteiger partial charge in [-0.1, -0.05) is 60.7 Å². The zero-order valence-electron chi connectivity index (χ0n) is 25.2.